The number of aryl methyl sites for hydroxylation is 2. The van der Waals surface area contributed by atoms with Gasteiger partial charge in [-0.15, -0.1) is 0 Å². The van der Waals surface area contributed by atoms with Gasteiger partial charge in [-0.2, -0.15) is 0 Å². The maximum Gasteiger partial charge on any atom is 0.225 e. The Morgan fingerprint density at radius 3 is 2.53 bits per heavy atom. The van der Waals surface area contributed by atoms with Gasteiger partial charge >= 0.3 is 0 Å². The molecule has 4 aromatic rings. The number of hydrogen-bond donors (Lipinski definition) is 0. The molecule has 6 nitrogen and oxygen atoms in total. The van der Waals surface area contributed by atoms with Gasteiger partial charge in [0.25, 0.3) is 0 Å². The second-order valence-electron chi connectivity index (χ2n) is 10.8. The van der Waals surface area contributed by atoms with Gasteiger partial charge < -0.3 is 14.0 Å². The van der Waals surface area contributed by atoms with Crippen molar-refractivity contribution in [2.24, 2.45) is 5.92 Å². The number of carbonyl (C=O) groups excluding carboxylic acids is 1. The third-order valence-electron chi connectivity index (χ3n) is 8.28. The Morgan fingerprint density at radius 2 is 1.79 bits per heavy atom. The number of imidazole rings is 1. The summed E-state index contributed by atoms with van der Waals surface area (Å²) >= 11 is 0. The van der Waals surface area contributed by atoms with E-state index in [0.29, 0.717) is 5.91 Å². The Hall–Kier alpha value is -3.64. The highest BCUT2D eigenvalue weighted by Gasteiger charge is 2.31. The molecule has 2 fully saturated rings. The fourth-order valence-corrected chi connectivity index (χ4v) is 5.70. The summed E-state index contributed by atoms with van der Waals surface area (Å²) in [6.07, 6.45) is 5.56. The van der Waals surface area contributed by atoms with E-state index in [1.54, 1.807) is 7.11 Å². The molecule has 6 heteroatoms. The van der Waals surface area contributed by atoms with Crippen molar-refractivity contribution in [1.82, 2.24) is 19.2 Å². The van der Waals surface area contributed by atoms with Crippen molar-refractivity contribution in [3.05, 3.63) is 77.6 Å². The molecule has 1 aliphatic heterocycles. The summed E-state index contributed by atoms with van der Waals surface area (Å²) in [5.41, 5.74) is 9.08. The standard InChI is InChI=1S/C32H36N4O2/c1-22-10-11-23(2)28(18-22)26-12-13-30-33-31(25-8-5-9-27(19-25)38-3)29(36(30)20-26)21-34-14-16-35(17-15-34)32(37)24-6-4-7-24/h5,8-13,18-20,24H,4,6-7,14-17,21H2,1-3H3. The van der Waals surface area contributed by atoms with Crippen LogP contribution in [0.2, 0.25) is 0 Å². The normalized spacial score (nSPS) is 16.6. The number of methoxy groups -OCH3 is 1. The Balaban J connectivity index is 1.36. The number of amides is 1. The fourth-order valence-electron chi connectivity index (χ4n) is 5.70. The molecule has 0 N–H and O–H groups in total. The third-order valence-corrected chi connectivity index (χ3v) is 8.28. The van der Waals surface area contributed by atoms with Crippen molar-refractivity contribution in [2.45, 2.75) is 39.7 Å². The van der Waals surface area contributed by atoms with Crippen molar-refractivity contribution in [2.75, 3.05) is 33.3 Å². The zero-order valence-corrected chi connectivity index (χ0v) is 22.6. The molecular formula is C32H36N4O2. The molecule has 0 atom stereocenters. The van der Waals surface area contributed by atoms with Gasteiger partial charge in [0.05, 0.1) is 18.5 Å². The number of nitrogens with zero attached hydrogens (tertiary/aromatic N) is 4. The summed E-state index contributed by atoms with van der Waals surface area (Å²) in [5, 5.41) is 0. The van der Waals surface area contributed by atoms with Crippen LogP contribution in [0.4, 0.5) is 0 Å². The lowest BCUT2D eigenvalue weighted by Gasteiger charge is -2.38. The maximum atomic E-state index is 12.8. The van der Waals surface area contributed by atoms with Crippen molar-refractivity contribution in [3.8, 4) is 28.1 Å². The van der Waals surface area contributed by atoms with E-state index < -0.39 is 0 Å². The highest BCUT2D eigenvalue weighted by molar-refractivity contribution is 5.79. The number of fused-ring (bicyclic) bond motifs is 1. The lowest BCUT2D eigenvalue weighted by Crippen LogP contribution is -2.50. The molecule has 2 aliphatic rings. The van der Waals surface area contributed by atoms with Crippen LogP contribution in [0.1, 0.15) is 36.1 Å². The van der Waals surface area contributed by atoms with Crippen LogP contribution < -0.4 is 4.74 Å². The Labute approximate surface area is 224 Å². The number of aromatic nitrogens is 2. The van der Waals surface area contributed by atoms with Crippen LogP contribution in [0, 0.1) is 19.8 Å². The molecule has 1 saturated heterocycles. The molecule has 196 valence electrons. The Morgan fingerprint density at radius 1 is 0.974 bits per heavy atom. The molecule has 38 heavy (non-hydrogen) atoms. The zero-order chi connectivity index (χ0) is 26.2. The molecule has 0 bridgehead atoms. The van der Waals surface area contributed by atoms with E-state index in [4.69, 9.17) is 9.72 Å². The summed E-state index contributed by atoms with van der Waals surface area (Å²) in [5.74, 6) is 1.45. The molecule has 2 aromatic carbocycles. The summed E-state index contributed by atoms with van der Waals surface area (Å²) in [6.45, 7) is 8.43. The second-order valence-corrected chi connectivity index (χ2v) is 10.8. The lowest BCUT2D eigenvalue weighted by atomic mass is 9.84. The minimum Gasteiger partial charge on any atom is -0.497 e. The SMILES string of the molecule is COc1cccc(-c2nc3ccc(-c4cc(C)ccc4C)cn3c2CN2CCN(C(=O)C3CCC3)CC2)c1. The van der Waals surface area contributed by atoms with Gasteiger partial charge in [0, 0.05) is 50.4 Å². The monoisotopic (exact) mass is 508 g/mol. The smallest absolute Gasteiger partial charge is 0.225 e. The van der Waals surface area contributed by atoms with Gasteiger partial charge in [-0.25, -0.2) is 4.98 Å². The Bertz CT molecular complexity index is 1480. The van der Waals surface area contributed by atoms with Gasteiger partial charge in [-0.3, -0.25) is 9.69 Å². The number of benzene rings is 2. The van der Waals surface area contributed by atoms with Crippen LogP contribution in [0.5, 0.6) is 5.75 Å². The summed E-state index contributed by atoms with van der Waals surface area (Å²) in [6, 6.07) is 19.1. The number of piperazine rings is 1. The second kappa shape index (κ2) is 10.3. The predicted molar refractivity (Wildman–Crippen MR) is 151 cm³/mol. The van der Waals surface area contributed by atoms with Crippen LogP contribution in [0.3, 0.4) is 0 Å². The Kier molecular flexibility index (Phi) is 6.66. The van der Waals surface area contributed by atoms with Crippen LogP contribution in [-0.4, -0.2) is 58.4 Å². The predicted octanol–water partition coefficient (Wildman–Crippen LogP) is 5.74. The number of carbonyl (C=O) groups is 1. The summed E-state index contributed by atoms with van der Waals surface area (Å²) in [7, 11) is 1.70. The minimum absolute atomic E-state index is 0.267. The first-order valence-electron chi connectivity index (χ1n) is 13.7. The average Bonchev–Trinajstić information content (AvgIpc) is 3.27. The molecule has 1 amide bonds. The first-order valence-corrected chi connectivity index (χ1v) is 13.7. The van der Waals surface area contributed by atoms with Gasteiger partial charge in [-0.05, 0) is 67.6 Å². The summed E-state index contributed by atoms with van der Waals surface area (Å²) in [4.78, 5) is 22.4. The van der Waals surface area contributed by atoms with Crippen molar-refractivity contribution in [3.63, 3.8) is 0 Å². The maximum absolute atomic E-state index is 12.8. The molecule has 6 rings (SSSR count). The van der Waals surface area contributed by atoms with Crippen molar-refractivity contribution < 1.29 is 9.53 Å². The van der Waals surface area contributed by atoms with Crippen LogP contribution in [-0.2, 0) is 11.3 Å². The molecule has 0 radical (unpaired) electrons. The van der Waals surface area contributed by atoms with E-state index in [9.17, 15) is 4.79 Å². The lowest BCUT2D eigenvalue weighted by molar-refractivity contribution is -0.140. The molecule has 1 aliphatic carbocycles. The van der Waals surface area contributed by atoms with Crippen molar-refractivity contribution in [1.29, 1.82) is 0 Å². The molecule has 2 aromatic heterocycles. The van der Waals surface area contributed by atoms with Gasteiger partial charge in [0.15, 0.2) is 0 Å². The molecular weight excluding hydrogens is 472 g/mol. The summed E-state index contributed by atoms with van der Waals surface area (Å²) < 4.78 is 7.79. The molecule has 1 saturated carbocycles. The van der Waals surface area contributed by atoms with Gasteiger partial charge in [0.1, 0.15) is 11.4 Å². The minimum atomic E-state index is 0.267. The van der Waals surface area contributed by atoms with E-state index in [2.05, 4.69) is 76.7 Å². The molecule has 0 unspecified atom stereocenters. The van der Waals surface area contributed by atoms with Gasteiger partial charge in [0.2, 0.25) is 5.91 Å². The van der Waals surface area contributed by atoms with Crippen LogP contribution in [0.15, 0.2) is 60.8 Å². The third kappa shape index (κ3) is 4.69. The van der Waals surface area contributed by atoms with E-state index in [1.807, 2.05) is 12.1 Å². The highest BCUT2D eigenvalue weighted by atomic mass is 16.5. The highest BCUT2D eigenvalue weighted by Crippen LogP contribution is 2.32. The number of pyridine rings is 1. The number of rotatable bonds is 6. The topological polar surface area (TPSA) is 50.1 Å². The number of ether oxygens (including phenoxy) is 1. The average molecular weight is 509 g/mol. The van der Waals surface area contributed by atoms with E-state index in [-0.39, 0.29) is 5.92 Å². The van der Waals surface area contributed by atoms with Crippen LogP contribution >= 0.6 is 0 Å². The first kappa shape index (κ1) is 24.7. The van der Waals surface area contributed by atoms with E-state index in [1.165, 1.54) is 34.4 Å². The quantitative estimate of drug-likeness (QED) is 0.333. The molecule has 3 heterocycles. The van der Waals surface area contributed by atoms with Crippen molar-refractivity contribution >= 4 is 11.6 Å². The zero-order valence-electron chi connectivity index (χ0n) is 22.6. The fraction of sp³-hybridized carbons (Fsp3) is 0.375. The number of hydrogen-bond acceptors (Lipinski definition) is 4. The van der Waals surface area contributed by atoms with Crippen LogP contribution in [0.25, 0.3) is 28.0 Å². The van der Waals surface area contributed by atoms with E-state index in [0.717, 1.165) is 68.2 Å². The largest absolute Gasteiger partial charge is 0.497 e. The van der Waals surface area contributed by atoms with Gasteiger partial charge in [-0.1, -0.05) is 42.3 Å². The molecule has 0 spiro atoms. The first-order chi connectivity index (χ1) is 18.5. The van der Waals surface area contributed by atoms with E-state index >= 15 is 0 Å².